The number of nitrogens with zero attached hydrogens (tertiary/aromatic N) is 5. The molecule has 1 unspecified atom stereocenters. The fraction of sp³-hybridized carbons (Fsp3) is 0.235. The Labute approximate surface area is 163 Å². The van der Waals surface area contributed by atoms with Crippen LogP contribution in [-0.4, -0.2) is 30.4 Å². The van der Waals surface area contributed by atoms with Crippen LogP contribution in [0.4, 0.5) is 15.8 Å². The van der Waals surface area contributed by atoms with Crippen LogP contribution in [0.25, 0.3) is 0 Å². The number of anilines is 1. The van der Waals surface area contributed by atoms with Crippen molar-refractivity contribution < 1.29 is 14.1 Å². The lowest BCUT2D eigenvalue weighted by molar-refractivity contribution is -0.385. The normalized spacial score (nSPS) is 12.0. The molecule has 2 aromatic heterocycles. The van der Waals surface area contributed by atoms with Crippen LogP contribution in [0, 0.1) is 22.9 Å². The van der Waals surface area contributed by atoms with Crippen LogP contribution >= 0.6 is 11.6 Å². The second-order valence-corrected chi connectivity index (χ2v) is 6.52. The lowest BCUT2D eigenvalue weighted by Crippen LogP contribution is -2.25. The maximum absolute atomic E-state index is 13.9. The van der Waals surface area contributed by atoms with Crippen molar-refractivity contribution >= 4 is 28.9 Å². The molecule has 1 atom stereocenters. The van der Waals surface area contributed by atoms with Gasteiger partial charge in [-0.1, -0.05) is 17.7 Å². The van der Waals surface area contributed by atoms with E-state index >= 15 is 0 Å². The minimum absolute atomic E-state index is 0.0986. The highest BCUT2D eigenvalue weighted by molar-refractivity contribution is 6.31. The van der Waals surface area contributed by atoms with Crippen molar-refractivity contribution in [2.75, 3.05) is 5.32 Å². The van der Waals surface area contributed by atoms with Gasteiger partial charge in [0.1, 0.15) is 23.7 Å². The highest BCUT2D eigenvalue weighted by Crippen LogP contribution is 2.22. The molecule has 0 bridgehead atoms. The average molecular weight is 407 g/mol. The Bertz CT molecular complexity index is 1030. The third kappa shape index (κ3) is 3.86. The van der Waals surface area contributed by atoms with Crippen molar-refractivity contribution in [1.29, 1.82) is 0 Å². The first-order valence-electron chi connectivity index (χ1n) is 8.22. The number of nitrogens with one attached hydrogen (secondary N) is 1. The summed E-state index contributed by atoms with van der Waals surface area (Å²) >= 11 is 6.01. The van der Waals surface area contributed by atoms with Crippen LogP contribution in [0.15, 0.2) is 36.8 Å². The number of benzene rings is 1. The van der Waals surface area contributed by atoms with Gasteiger partial charge in [-0.25, -0.2) is 4.39 Å². The van der Waals surface area contributed by atoms with E-state index in [1.165, 1.54) is 40.8 Å². The number of hydrogen-bond donors (Lipinski definition) is 1. The van der Waals surface area contributed by atoms with E-state index < -0.39 is 22.7 Å². The minimum Gasteiger partial charge on any atom is -0.322 e. The zero-order valence-electron chi connectivity index (χ0n) is 15.0. The Morgan fingerprint density at radius 1 is 1.39 bits per heavy atom. The maximum Gasteiger partial charge on any atom is 0.309 e. The SMILES string of the molecule is Cc1c([N+](=O)[O-])cnn1C(C)C(=O)Nc1cnn(Cc2c(F)cccc2Cl)c1. The van der Waals surface area contributed by atoms with Crippen LogP contribution in [-0.2, 0) is 11.3 Å². The lowest BCUT2D eigenvalue weighted by Gasteiger charge is -2.13. The van der Waals surface area contributed by atoms with Crippen LogP contribution < -0.4 is 5.32 Å². The van der Waals surface area contributed by atoms with E-state index in [0.29, 0.717) is 5.69 Å². The van der Waals surface area contributed by atoms with E-state index in [0.717, 1.165) is 6.20 Å². The number of amides is 1. The smallest absolute Gasteiger partial charge is 0.309 e. The molecule has 0 aliphatic heterocycles. The van der Waals surface area contributed by atoms with Gasteiger partial charge in [0.25, 0.3) is 0 Å². The molecule has 146 valence electrons. The molecule has 3 aromatic rings. The molecule has 0 radical (unpaired) electrons. The second-order valence-electron chi connectivity index (χ2n) is 6.11. The van der Waals surface area contributed by atoms with Crippen molar-refractivity contribution in [3.63, 3.8) is 0 Å². The van der Waals surface area contributed by atoms with Crippen molar-refractivity contribution in [1.82, 2.24) is 19.6 Å². The Morgan fingerprint density at radius 3 is 2.79 bits per heavy atom. The van der Waals surface area contributed by atoms with Crippen LogP contribution in [0.2, 0.25) is 5.02 Å². The van der Waals surface area contributed by atoms with E-state index in [2.05, 4.69) is 15.5 Å². The monoisotopic (exact) mass is 406 g/mol. The summed E-state index contributed by atoms with van der Waals surface area (Å²) in [6.07, 6.45) is 4.05. The topological polar surface area (TPSA) is 108 Å². The second kappa shape index (κ2) is 7.77. The third-order valence-corrected chi connectivity index (χ3v) is 4.60. The molecule has 0 saturated carbocycles. The van der Waals surface area contributed by atoms with Gasteiger partial charge in [0, 0.05) is 16.8 Å². The van der Waals surface area contributed by atoms with E-state index in [1.54, 1.807) is 13.0 Å². The minimum atomic E-state index is -0.780. The first kappa shape index (κ1) is 19.5. The number of halogens is 2. The van der Waals surface area contributed by atoms with Gasteiger partial charge < -0.3 is 5.32 Å². The summed E-state index contributed by atoms with van der Waals surface area (Å²) in [6, 6.07) is 3.62. The van der Waals surface area contributed by atoms with Gasteiger partial charge in [-0.3, -0.25) is 24.3 Å². The standard InChI is InChI=1S/C17H16ClFN6O3/c1-10-16(25(27)28)7-21-24(10)11(2)17(26)22-12-6-20-23(8-12)9-13-14(18)4-3-5-15(13)19/h3-8,11H,9H2,1-2H3,(H,22,26). The third-order valence-electron chi connectivity index (χ3n) is 4.24. The molecule has 0 aliphatic rings. The zero-order chi connectivity index (χ0) is 20.4. The molecule has 0 saturated heterocycles. The predicted octanol–water partition coefficient (Wildman–Crippen LogP) is 3.34. The molecule has 9 nitrogen and oxygen atoms in total. The molecule has 0 spiro atoms. The molecule has 28 heavy (non-hydrogen) atoms. The molecular weight excluding hydrogens is 391 g/mol. The van der Waals surface area contributed by atoms with Gasteiger partial charge in [0.15, 0.2) is 0 Å². The number of carbonyl (C=O) groups is 1. The summed E-state index contributed by atoms with van der Waals surface area (Å²) in [5.41, 5.74) is 0.799. The molecule has 1 N–H and O–H groups in total. The first-order valence-corrected chi connectivity index (χ1v) is 8.60. The molecule has 1 amide bonds. The van der Waals surface area contributed by atoms with Gasteiger partial charge in [-0.05, 0) is 26.0 Å². The van der Waals surface area contributed by atoms with E-state index in [-0.39, 0.29) is 28.5 Å². The largest absolute Gasteiger partial charge is 0.322 e. The molecule has 0 aliphatic carbocycles. The molecule has 1 aromatic carbocycles. The van der Waals surface area contributed by atoms with Gasteiger partial charge in [0.05, 0.1) is 23.4 Å². The van der Waals surface area contributed by atoms with Gasteiger partial charge in [-0.15, -0.1) is 0 Å². The number of nitro groups is 1. The van der Waals surface area contributed by atoms with Crippen LogP contribution in [0.3, 0.4) is 0 Å². The predicted molar refractivity (Wildman–Crippen MR) is 99.7 cm³/mol. The fourth-order valence-electron chi connectivity index (χ4n) is 2.70. The van der Waals surface area contributed by atoms with Crippen molar-refractivity contribution in [3.8, 4) is 0 Å². The van der Waals surface area contributed by atoms with Gasteiger partial charge in [-0.2, -0.15) is 10.2 Å². The average Bonchev–Trinajstić information content (AvgIpc) is 3.24. The highest BCUT2D eigenvalue weighted by Gasteiger charge is 2.24. The lowest BCUT2D eigenvalue weighted by atomic mass is 10.2. The van der Waals surface area contributed by atoms with Gasteiger partial charge >= 0.3 is 5.69 Å². The first-order chi connectivity index (χ1) is 13.3. The van der Waals surface area contributed by atoms with Crippen molar-refractivity contribution in [2.24, 2.45) is 0 Å². The summed E-state index contributed by atoms with van der Waals surface area (Å²) in [4.78, 5) is 22.8. The molecule has 0 fully saturated rings. The van der Waals surface area contributed by atoms with Crippen molar-refractivity contribution in [3.05, 3.63) is 69.0 Å². The highest BCUT2D eigenvalue weighted by atomic mass is 35.5. The number of carbonyl (C=O) groups excluding carboxylic acids is 1. The van der Waals surface area contributed by atoms with Gasteiger partial charge in [0.2, 0.25) is 5.91 Å². The summed E-state index contributed by atoms with van der Waals surface area (Å²) in [6.45, 7) is 3.19. The van der Waals surface area contributed by atoms with E-state index in [9.17, 15) is 19.3 Å². The zero-order valence-corrected chi connectivity index (χ0v) is 15.7. The van der Waals surface area contributed by atoms with E-state index in [4.69, 9.17) is 11.6 Å². The fourth-order valence-corrected chi connectivity index (χ4v) is 2.92. The van der Waals surface area contributed by atoms with Crippen LogP contribution in [0.5, 0.6) is 0 Å². The van der Waals surface area contributed by atoms with Crippen molar-refractivity contribution in [2.45, 2.75) is 26.4 Å². The summed E-state index contributed by atoms with van der Waals surface area (Å²) in [5, 5.41) is 21.9. The Kier molecular flexibility index (Phi) is 5.41. The molecule has 11 heteroatoms. The Morgan fingerprint density at radius 2 is 2.14 bits per heavy atom. The Balaban J connectivity index is 1.71. The van der Waals surface area contributed by atoms with E-state index in [1.807, 2.05) is 0 Å². The number of aromatic nitrogens is 4. The Hall–Kier alpha value is -3.27. The number of hydrogen-bond acceptors (Lipinski definition) is 5. The number of rotatable bonds is 6. The molecule has 3 rings (SSSR count). The molecular formula is C17H16ClFN6O3. The maximum atomic E-state index is 13.9. The summed E-state index contributed by atoms with van der Waals surface area (Å²) in [7, 11) is 0. The summed E-state index contributed by atoms with van der Waals surface area (Å²) < 4.78 is 16.6. The molecule has 2 heterocycles. The quantitative estimate of drug-likeness (QED) is 0.499. The van der Waals surface area contributed by atoms with Crippen LogP contribution in [0.1, 0.15) is 24.2 Å². The summed E-state index contributed by atoms with van der Waals surface area (Å²) in [5.74, 6) is -0.873.